The SMILES string of the molecule is Cc1ccc(CNc2nc3ccc(C(=O)O)cc3o2)o1. The predicted octanol–water partition coefficient (Wildman–Crippen LogP) is 3.04. The minimum atomic E-state index is -0.996. The first-order chi connectivity index (χ1) is 9.61. The topological polar surface area (TPSA) is 88.5 Å². The van der Waals surface area contributed by atoms with Gasteiger partial charge in [0.25, 0.3) is 6.01 Å². The summed E-state index contributed by atoms with van der Waals surface area (Å²) in [5, 5.41) is 11.9. The lowest BCUT2D eigenvalue weighted by Gasteiger charge is -1.97. The van der Waals surface area contributed by atoms with E-state index < -0.39 is 5.97 Å². The largest absolute Gasteiger partial charge is 0.478 e. The van der Waals surface area contributed by atoms with Crippen LogP contribution in [0.1, 0.15) is 21.9 Å². The molecule has 0 fully saturated rings. The molecule has 6 heteroatoms. The molecule has 0 atom stereocenters. The van der Waals surface area contributed by atoms with Gasteiger partial charge in [0.15, 0.2) is 5.58 Å². The monoisotopic (exact) mass is 272 g/mol. The van der Waals surface area contributed by atoms with Gasteiger partial charge in [-0.3, -0.25) is 0 Å². The van der Waals surface area contributed by atoms with E-state index in [0.29, 0.717) is 23.7 Å². The van der Waals surface area contributed by atoms with Crippen LogP contribution in [0.5, 0.6) is 0 Å². The van der Waals surface area contributed by atoms with Crippen LogP contribution in [-0.4, -0.2) is 16.1 Å². The Labute approximate surface area is 114 Å². The van der Waals surface area contributed by atoms with Gasteiger partial charge in [-0.2, -0.15) is 4.98 Å². The van der Waals surface area contributed by atoms with Crippen LogP contribution >= 0.6 is 0 Å². The fraction of sp³-hybridized carbons (Fsp3) is 0.143. The number of aryl methyl sites for hydroxylation is 1. The molecule has 0 unspecified atom stereocenters. The van der Waals surface area contributed by atoms with Crippen molar-refractivity contribution >= 4 is 23.1 Å². The van der Waals surface area contributed by atoms with E-state index in [1.54, 1.807) is 6.07 Å². The second kappa shape index (κ2) is 4.73. The summed E-state index contributed by atoms with van der Waals surface area (Å²) in [6, 6.07) is 8.64. The van der Waals surface area contributed by atoms with E-state index in [9.17, 15) is 4.79 Å². The average molecular weight is 272 g/mol. The van der Waals surface area contributed by atoms with E-state index in [0.717, 1.165) is 11.5 Å². The Morgan fingerprint density at radius 3 is 2.85 bits per heavy atom. The molecule has 0 spiro atoms. The van der Waals surface area contributed by atoms with Gasteiger partial charge < -0.3 is 19.3 Å². The molecule has 2 aromatic heterocycles. The third-order valence-electron chi connectivity index (χ3n) is 2.85. The summed E-state index contributed by atoms with van der Waals surface area (Å²) in [6.07, 6.45) is 0. The number of anilines is 1. The molecule has 0 aliphatic rings. The van der Waals surface area contributed by atoms with Gasteiger partial charge in [-0.15, -0.1) is 0 Å². The normalized spacial score (nSPS) is 10.8. The fourth-order valence-electron chi connectivity index (χ4n) is 1.88. The number of hydrogen-bond donors (Lipinski definition) is 2. The zero-order valence-corrected chi connectivity index (χ0v) is 10.7. The summed E-state index contributed by atoms with van der Waals surface area (Å²) in [5.74, 6) is 0.616. The van der Waals surface area contributed by atoms with E-state index in [-0.39, 0.29) is 5.56 Å². The van der Waals surface area contributed by atoms with E-state index in [2.05, 4.69) is 10.3 Å². The molecule has 3 rings (SSSR count). The van der Waals surface area contributed by atoms with Crippen molar-refractivity contribution in [3.05, 3.63) is 47.4 Å². The minimum Gasteiger partial charge on any atom is -0.478 e. The van der Waals surface area contributed by atoms with E-state index in [4.69, 9.17) is 13.9 Å². The highest BCUT2D eigenvalue weighted by atomic mass is 16.4. The van der Waals surface area contributed by atoms with Crippen molar-refractivity contribution in [2.24, 2.45) is 0 Å². The van der Waals surface area contributed by atoms with Crippen LogP contribution in [0.15, 0.2) is 39.2 Å². The summed E-state index contributed by atoms with van der Waals surface area (Å²) >= 11 is 0. The second-order valence-electron chi connectivity index (χ2n) is 4.37. The maximum absolute atomic E-state index is 10.9. The summed E-state index contributed by atoms with van der Waals surface area (Å²) < 4.78 is 10.9. The molecule has 20 heavy (non-hydrogen) atoms. The molecule has 6 nitrogen and oxygen atoms in total. The first-order valence-electron chi connectivity index (χ1n) is 6.05. The zero-order valence-electron chi connectivity index (χ0n) is 10.7. The number of carboxylic acid groups (broad SMARTS) is 1. The molecule has 0 radical (unpaired) electrons. The zero-order chi connectivity index (χ0) is 14.1. The molecular weight excluding hydrogens is 260 g/mol. The van der Waals surface area contributed by atoms with Gasteiger partial charge in [-0.1, -0.05) is 0 Å². The first-order valence-corrected chi connectivity index (χ1v) is 6.05. The third-order valence-corrected chi connectivity index (χ3v) is 2.85. The number of benzene rings is 1. The molecule has 2 heterocycles. The number of carbonyl (C=O) groups is 1. The number of rotatable bonds is 4. The molecule has 3 aromatic rings. The van der Waals surface area contributed by atoms with Gasteiger partial charge >= 0.3 is 5.97 Å². The second-order valence-corrected chi connectivity index (χ2v) is 4.37. The summed E-state index contributed by atoms with van der Waals surface area (Å²) in [5.41, 5.74) is 1.21. The van der Waals surface area contributed by atoms with Gasteiger partial charge in [-0.25, -0.2) is 4.79 Å². The minimum absolute atomic E-state index is 0.168. The number of hydrogen-bond acceptors (Lipinski definition) is 5. The third kappa shape index (κ3) is 2.35. The number of aromatic nitrogens is 1. The van der Waals surface area contributed by atoms with Crippen molar-refractivity contribution in [2.75, 3.05) is 5.32 Å². The highest BCUT2D eigenvalue weighted by Crippen LogP contribution is 2.21. The van der Waals surface area contributed by atoms with Crippen molar-refractivity contribution in [1.29, 1.82) is 0 Å². The van der Waals surface area contributed by atoms with Crippen molar-refractivity contribution in [2.45, 2.75) is 13.5 Å². The number of carboxylic acids is 1. The fourth-order valence-corrected chi connectivity index (χ4v) is 1.88. The van der Waals surface area contributed by atoms with Crippen LogP contribution in [0.4, 0.5) is 6.01 Å². The van der Waals surface area contributed by atoms with Crippen LogP contribution in [0.3, 0.4) is 0 Å². The quantitative estimate of drug-likeness (QED) is 0.758. The standard InChI is InChI=1S/C14H12N2O4/c1-8-2-4-10(19-8)7-15-14-16-11-5-3-9(13(17)18)6-12(11)20-14/h2-6H,7H2,1H3,(H,15,16)(H,17,18). The molecular formula is C14H12N2O4. The lowest BCUT2D eigenvalue weighted by molar-refractivity contribution is 0.0697. The van der Waals surface area contributed by atoms with Crippen LogP contribution in [-0.2, 0) is 6.54 Å². The average Bonchev–Trinajstić information content (AvgIpc) is 3.00. The van der Waals surface area contributed by atoms with E-state index in [1.807, 2.05) is 19.1 Å². The summed E-state index contributed by atoms with van der Waals surface area (Å²) in [7, 11) is 0. The van der Waals surface area contributed by atoms with Gasteiger partial charge in [0.2, 0.25) is 0 Å². The number of nitrogens with one attached hydrogen (secondary N) is 1. The molecule has 0 aliphatic heterocycles. The van der Waals surface area contributed by atoms with Crippen LogP contribution in [0.25, 0.3) is 11.1 Å². The Bertz CT molecular complexity index is 772. The molecule has 2 N–H and O–H groups in total. The van der Waals surface area contributed by atoms with Gasteiger partial charge in [-0.05, 0) is 37.3 Å². The number of nitrogens with zero attached hydrogens (tertiary/aromatic N) is 1. The lowest BCUT2D eigenvalue weighted by atomic mass is 10.2. The highest BCUT2D eigenvalue weighted by Gasteiger charge is 2.10. The van der Waals surface area contributed by atoms with Crippen molar-refractivity contribution < 1.29 is 18.7 Å². The Morgan fingerprint density at radius 1 is 1.30 bits per heavy atom. The maximum atomic E-state index is 10.9. The van der Waals surface area contributed by atoms with Crippen LogP contribution in [0.2, 0.25) is 0 Å². The molecule has 0 amide bonds. The summed E-state index contributed by atoms with van der Waals surface area (Å²) in [6.45, 7) is 2.32. The lowest BCUT2D eigenvalue weighted by Crippen LogP contribution is -1.97. The van der Waals surface area contributed by atoms with Gasteiger partial charge in [0, 0.05) is 0 Å². The van der Waals surface area contributed by atoms with Crippen molar-refractivity contribution in [1.82, 2.24) is 4.98 Å². The number of aromatic carboxylic acids is 1. The number of oxazole rings is 1. The molecule has 0 bridgehead atoms. The Balaban J connectivity index is 1.80. The van der Waals surface area contributed by atoms with E-state index >= 15 is 0 Å². The van der Waals surface area contributed by atoms with E-state index in [1.165, 1.54) is 12.1 Å². The van der Waals surface area contributed by atoms with Gasteiger partial charge in [0.1, 0.15) is 17.0 Å². The molecule has 102 valence electrons. The van der Waals surface area contributed by atoms with Crippen molar-refractivity contribution in [3.8, 4) is 0 Å². The van der Waals surface area contributed by atoms with Gasteiger partial charge in [0.05, 0.1) is 12.1 Å². The maximum Gasteiger partial charge on any atom is 0.335 e. The van der Waals surface area contributed by atoms with Crippen LogP contribution in [0, 0.1) is 6.92 Å². The number of fused-ring (bicyclic) bond motifs is 1. The molecule has 1 aromatic carbocycles. The highest BCUT2D eigenvalue weighted by molar-refractivity contribution is 5.92. The molecule has 0 aliphatic carbocycles. The smallest absolute Gasteiger partial charge is 0.335 e. The first kappa shape index (κ1) is 12.3. The Hall–Kier alpha value is -2.76. The Morgan fingerprint density at radius 2 is 2.15 bits per heavy atom. The number of furan rings is 1. The molecule has 0 saturated carbocycles. The van der Waals surface area contributed by atoms with Crippen LogP contribution < -0.4 is 5.32 Å². The van der Waals surface area contributed by atoms with Crippen molar-refractivity contribution in [3.63, 3.8) is 0 Å². The summed E-state index contributed by atoms with van der Waals surface area (Å²) in [4.78, 5) is 15.1. The predicted molar refractivity (Wildman–Crippen MR) is 71.7 cm³/mol. The Kier molecular flexibility index (Phi) is 2.90. The molecule has 0 saturated heterocycles.